The predicted molar refractivity (Wildman–Crippen MR) is 95.2 cm³/mol. The zero-order chi connectivity index (χ0) is 17.5. The first-order valence-corrected chi connectivity index (χ1v) is 8.88. The topological polar surface area (TPSA) is 73.3 Å². The molecule has 0 aliphatic heterocycles. The molecule has 1 aromatic carbocycles. The fourth-order valence-electron chi connectivity index (χ4n) is 1.91. The van der Waals surface area contributed by atoms with E-state index in [1.165, 1.54) is 11.3 Å². The van der Waals surface area contributed by atoms with Gasteiger partial charge in [-0.15, -0.1) is 10.2 Å². The summed E-state index contributed by atoms with van der Waals surface area (Å²) in [6.07, 6.45) is 0.796. The van der Waals surface area contributed by atoms with Crippen LogP contribution in [0.5, 0.6) is 11.5 Å². The Bertz CT molecular complexity index is 685. The minimum absolute atomic E-state index is 0.245. The zero-order valence-electron chi connectivity index (χ0n) is 14.5. The first-order valence-electron chi connectivity index (χ1n) is 8.06. The number of carbonyl (C=O) groups is 1. The van der Waals surface area contributed by atoms with Gasteiger partial charge in [-0.05, 0) is 37.5 Å². The first kappa shape index (κ1) is 18.2. The molecule has 0 saturated carbocycles. The number of hydrogen-bond acceptors (Lipinski definition) is 6. The van der Waals surface area contributed by atoms with Crippen molar-refractivity contribution in [3.8, 4) is 11.5 Å². The maximum absolute atomic E-state index is 12.4. The van der Waals surface area contributed by atoms with E-state index >= 15 is 0 Å². The van der Waals surface area contributed by atoms with Crippen molar-refractivity contribution in [3.05, 3.63) is 28.8 Å². The van der Waals surface area contributed by atoms with Crippen LogP contribution in [0.15, 0.2) is 18.2 Å². The van der Waals surface area contributed by atoms with E-state index in [9.17, 15) is 4.79 Å². The fourth-order valence-corrected chi connectivity index (χ4v) is 2.58. The summed E-state index contributed by atoms with van der Waals surface area (Å²) in [5.41, 5.74) is 0.489. The molecule has 2 rings (SSSR count). The van der Waals surface area contributed by atoms with Crippen molar-refractivity contribution in [1.29, 1.82) is 0 Å². The minimum Gasteiger partial charge on any atom is -0.490 e. The SMILES string of the molecule is CCOc1cc(C(=O)Nc2nnc(CC)s2)ccc1OCC(C)C. The highest BCUT2D eigenvalue weighted by Crippen LogP contribution is 2.29. The first-order chi connectivity index (χ1) is 11.5. The molecule has 1 heterocycles. The third kappa shape index (κ3) is 4.92. The molecule has 0 aliphatic carbocycles. The number of benzene rings is 1. The van der Waals surface area contributed by atoms with E-state index < -0.39 is 0 Å². The Hall–Kier alpha value is -2.15. The number of aromatic nitrogens is 2. The van der Waals surface area contributed by atoms with Gasteiger partial charge in [0.25, 0.3) is 5.91 Å². The van der Waals surface area contributed by atoms with Crippen molar-refractivity contribution in [3.63, 3.8) is 0 Å². The third-order valence-electron chi connectivity index (χ3n) is 3.07. The van der Waals surface area contributed by atoms with E-state index in [0.29, 0.717) is 41.3 Å². The molecule has 1 aromatic heterocycles. The van der Waals surface area contributed by atoms with Crippen molar-refractivity contribution < 1.29 is 14.3 Å². The van der Waals surface area contributed by atoms with Crippen molar-refractivity contribution in [2.75, 3.05) is 18.5 Å². The molecule has 130 valence electrons. The Kier molecular flexibility index (Phi) is 6.54. The van der Waals surface area contributed by atoms with Crippen LogP contribution < -0.4 is 14.8 Å². The summed E-state index contributed by atoms with van der Waals surface area (Å²) in [7, 11) is 0. The molecular formula is C17H23N3O3S. The Morgan fingerprint density at radius 3 is 2.62 bits per heavy atom. The summed E-state index contributed by atoms with van der Waals surface area (Å²) >= 11 is 1.37. The Labute approximate surface area is 146 Å². The van der Waals surface area contributed by atoms with Crippen LogP contribution in [0.2, 0.25) is 0 Å². The van der Waals surface area contributed by atoms with Crippen LogP contribution in [0.1, 0.15) is 43.1 Å². The fraction of sp³-hybridized carbons (Fsp3) is 0.471. The largest absolute Gasteiger partial charge is 0.490 e. The maximum atomic E-state index is 12.4. The average molecular weight is 349 g/mol. The van der Waals surface area contributed by atoms with Gasteiger partial charge in [-0.3, -0.25) is 10.1 Å². The average Bonchev–Trinajstić information content (AvgIpc) is 3.01. The van der Waals surface area contributed by atoms with Crippen molar-refractivity contribution in [2.45, 2.75) is 34.1 Å². The van der Waals surface area contributed by atoms with Crippen molar-refractivity contribution in [2.24, 2.45) is 5.92 Å². The van der Waals surface area contributed by atoms with Gasteiger partial charge in [-0.1, -0.05) is 32.1 Å². The smallest absolute Gasteiger partial charge is 0.257 e. The van der Waals surface area contributed by atoms with E-state index in [2.05, 4.69) is 29.4 Å². The number of rotatable bonds is 8. The van der Waals surface area contributed by atoms with E-state index in [1.807, 2.05) is 13.8 Å². The van der Waals surface area contributed by atoms with Crippen LogP contribution >= 0.6 is 11.3 Å². The molecule has 0 aliphatic rings. The maximum Gasteiger partial charge on any atom is 0.257 e. The molecular weight excluding hydrogens is 326 g/mol. The van der Waals surface area contributed by atoms with Gasteiger partial charge in [0.2, 0.25) is 5.13 Å². The second-order valence-corrected chi connectivity index (χ2v) is 6.67. The molecule has 0 saturated heterocycles. The lowest BCUT2D eigenvalue weighted by atomic mass is 10.2. The normalized spacial score (nSPS) is 10.7. The molecule has 0 fully saturated rings. The molecule has 0 radical (unpaired) electrons. The third-order valence-corrected chi connectivity index (χ3v) is 4.05. The van der Waals surface area contributed by atoms with Gasteiger partial charge in [0.1, 0.15) is 5.01 Å². The quantitative estimate of drug-likeness (QED) is 0.785. The number of carbonyl (C=O) groups excluding carboxylic acids is 1. The van der Waals surface area contributed by atoms with E-state index in [-0.39, 0.29) is 5.91 Å². The molecule has 1 N–H and O–H groups in total. The van der Waals surface area contributed by atoms with Crippen LogP contribution in [-0.4, -0.2) is 29.3 Å². The Morgan fingerprint density at radius 2 is 2.00 bits per heavy atom. The monoisotopic (exact) mass is 349 g/mol. The van der Waals surface area contributed by atoms with Crippen LogP contribution in [0.4, 0.5) is 5.13 Å². The van der Waals surface area contributed by atoms with Gasteiger partial charge in [0.05, 0.1) is 13.2 Å². The number of anilines is 1. The minimum atomic E-state index is -0.245. The highest BCUT2D eigenvalue weighted by atomic mass is 32.1. The van der Waals surface area contributed by atoms with Crippen LogP contribution in [0.3, 0.4) is 0 Å². The van der Waals surface area contributed by atoms with E-state index in [0.717, 1.165) is 11.4 Å². The molecule has 0 atom stereocenters. The van der Waals surface area contributed by atoms with E-state index in [4.69, 9.17) is 9.47 Å². The number of nitrogens with zero attached hydrogens (tertiary/aromatic N) is 2. The molecule has 0 unspecified atom stereocenters. The summed E-state index contributed by atoms with van der Waals surface area (Å²) in [5.74, 6) is 1.38. The van der Waals surface area contributed by atoms with Gasteiger partial charge in [-0.25, -0.2) is 0 Å². The van der Waals surface area contributed by atoms with Crippen LogP contribution in [0, 0.1) is 5.92 Å². The lowest BCUT2D eigenvalue weighted by Gasteiger charge is -2.14. The number of nitrogens with one attached hydrogen (secondary N) is 1. The summed E-state index contributed by atoms with van der Waals surface area (Å²) < 4.78 is 11.3. The lowest BCUT2D eigenvalue weighted by molar-refractivity contribution is 0.102. The molecule has 0 bridgehead atoms. The summed E-state index contributed by atoms with van der Waals surface area (Å²) in [6.45, 7) is 9.14. The molecule has 6 nitrogen and oxygen atoms in total. The number of amides is 1. The van der Waals surface area contributed by atoms with Gasteiger partial charge in [0, 0.05) is 5.56 Å². The molecule has 2 aromatic rings. The number of ether oxygens (including phenoxy) is 2. The molecule has 7 heteroatoms. The summed E-state index contributed by atoms with van der Waals surface area (Å²) in [4.78, 5) is 12.4. The second kappa shape index (κ2) is 8.63. The van der Waals surface area contributed by atoms with Gasteiger partial charge >= 0.3 is 0 Å². The molecule has 0 spiro atoms. The summed E-state index contributed by atoms with van der Waals surface area (Å²) in [6, 6.07) is 5.17. The standard InChI is InChI=1S/C17H23N3O3S/c1-5-15-19-20-17(24-15)18-16(21)12-7-8-13(23-10-11(3)4)14(9-12)22-6-2/h7-9,11H,5-6,10H2,1-4H3,(H,18,20,21). The van der Waals surface area contributed by atoms with Crippen molar-refractivity contribution >= 4 is 22.4 Å². The molecule has 24 heavy (non-hydrogen) atoms. The summed E-state index contributed by atoms with van der Waals surface area (Å²) in [5, 5.41) is 12.1. The van der Waals surface area contributed by atoms with Crippen LogP contribution in [-0.2, 0) is 6.42 Å². The van der Waals surface area contributed by atoms with Gasteiger partial charge < -0.3 is 9.47 Å². The highest BCUT2D eigenvalue weighted by molar-refractivity contribution is 7.15. The predicted octanol–water partition coefficient (Wildman–Crippen LogP) is 3.79. The molecule has 1 amide bonds. The number of hydrogen-bond donors (Lipinski definition) is 1. The van der Waals surface area contributed by atoms with Gasteiger partial charge in [0.15, 0.2) is 11.5 Å². The Morgan fingerprint density at radius 1 is 1.21 bits per heavy atom. The van der Waals surface area contributed by atoms with E-state index in [1.54, 1.807) is 18.2 Å². The van der Waals surface area contributed by atoms with Crippen molar-refractivity contribution in [1.82, 2.24) is 10.2 Å². The van der Waals surface area contributed by atoms with Crippen LogP contribution in [0.25, 0.3) is 0 Å². The Balaban J connectivity index is 2.13. The van der Waals surface area contributed by atoms with Gasteiger partial charge in [-0.2, -0.15) is 0 Å². The zero-order valence-corrected chi connectivity index (χ0v) is 15.3. The number of aryl methyl sites for hydroxylation is 1. The lowest BCUT2D eigenvalue weighted by Crippen LogP contribution is -2.12. The highest BCUT2D eigenvalue weighted by Gasteiger charge is 2.14. The second-order valence-electron chi connectivity index (χ2n) is 5.61.